The maximum Gasteiger partial charge on any atom is 0.410 e. The number of hydrogen-bond acceptors (Lipinski definition) is 6. The summed E-state index contributed by atoms with van der Waals surface area (Å²) in [5.74, 6) is -0.470. The van der Waals surface area contributed by atoms with Crippen molar-refractivity contribution in [3.8, 4) is 11.1 Å². The monoisotopic (exact) mass is 589 g/mol. The third-order valence-electron chi connectivity index (χ3n) is 7.80. The van der Waals surface area contributed by atoms with Gasteiger partial charge in [-0.25, -0.2) is 19.0 Å². The number of nitrogens with zero attached hydrogens (tertiary/aromatic N) is 5. The Bertz CT molecular complexity index is 1650. The van der Waals surface area contributed by atoms with Gasteiger partial charge in [-0.15, -0.1) is 0 Å². The highest BCUT2D eigenvalue weighted by Crippen LogP contribution is 2.34. The minimum absolute atomic E-state index is 0.210. The number of carbonyl (C=O) groups excluding carboxylic acids is 2. The summed E-state index contributed by atoms with van der Waals surface area (Å²) in [7, 11) is 1.74. The van der Waals surface area contributed by atoms with Crippen LogP contribution in [0.5, 0.6) is 0 Å². The second-order valence-electron chi connectivity index (χ2n) is 12.3. The van der Waals surface area contributed by atoms with Gasteiger partial charge in [0.1, 0.15) is 11.8 Å². The van der Waals surface area contributed by atoms with E-state index in [0.717, 1.165) is 38.7 Å². The molecule has 4 aromatic rings. The number of aryl methyl sites for hydroxylation is 2. The smallest absolute Gasteiger partial charge is 0.410 e. The van der Waals surface area contributed by atoms with E-state index in [9.17, 15) is 14.0 Å². The summed E-state index contributed by atoms with van der Waals surface area (Å²) in [4.78, 5) is 31.6. The van der Waals surface area contributed by atoms with Gasteiger partial charge in [0.05, 0.1) is 30.7 Å². The standard InChI is InChI=1S/C33H40FN5O4/c1-8-42-31(40)30(29-27-16-24(34)17-38(27)19-35-29)39-18-26-20(2)15-25(21(3)28(26)36-39)23-11-9-22(10-12-23)13-14-37(7)32(41)43-33(4,5)6/h9-12,15,18-19,24,30H,8,13-14,16-17H2,1-7H3. The van der Waals surface area contributed by atoms with Crippen molar-refractivity contribution >= 4 is 23.0 Å². The van der Waals surface area contributed by atoms with Gasteiger partial charge in [-0.1, -0.05) is 30.3 Å². The molecule has 2 unspecified atom stereocenters. The molecule has 9 nitrogen and oxygen atoms in total. The van der Waals surface area contributed by atoms with E-state index in [1.807, 2.05) is 40.8 Å². The molecule has 43 heavy (non-hydrogen) atoms. The van der Waals surface area contributed by atoms with Gasteiger partial charge in [-0.05, 0) is 75.8 Å². The van der Waals surface area contributed by atoms with Crippen LogP contribution < -0.4 is 0 Å². The van der Waals surface area contributed by atoms with Crippen LogP contribution in [-0.2, 0) is 33.7 Å². The molecule has 2 aromatic carbocycles. The zero-order valence-electron chi connectivity index (χ0n) is 26.0. The molecular formula is C33H40FN5O4. The highest BCUT2D eigenvalue weighted by molar-refractivity contribution is 5.91. The van der Waals surface area contributed by atoms with Crippen molar-refractivity contribution in [1.82, 2.24) is 24.2 Å². The average molecular weight is 590 g/mol. The first-order chi connectivity index (χ1) is 20.4. The molecule has 0 saturated heterocycles. The summed E-state index contributed by atoms with van der Waals surface area (Å²) in [5.41, 5.74) is 6.65. The molecule has 0 spiro atoms. The number of amides is 1. The van der Waals surface area contributed by atoms with E-state index < -0.39 is 23.8 Å². The maximum atomic E-state index is 14.2. The summed E-state index contributed by atoms with van der Waals surface area (Å²) in [6.07, 6.45) is 3.03. The largest absolute Gasteiger partial charge is 0.464 e. The van der Waals surface area contributed by atoms with E-state index in [1.54, 1.807) is 34.4 Å². The number of aromatic nitrogens is 4. The second-order valence-corrected chi connectivity index (χ2v) is 12.3. The number of imidazole rings is 1. The van der Waals surface area contributed by atoms with Gasteiger partial charge < -0.3 is 18.9 Å². The van der Waals surface area contributed by atoms with Crippen LogP contribution in [0.25, 0.3) is 22.0 Å². The van der Waals surface area contributed by atoms with Crippen molar-refractivity contribution in [2.24, 2.45) is 0 Å². The molecule has 1 aliphatic heterocycles. The summed E-state index contributed by atoms with van der Waals surface area (Å²) in [5, 5.41) is 5.82. The van der Waals surface area contributed by atoms with Crippen LogP contribution in [-0.4, -0.2) is 68.3 Å². The Morgan fingerprint density at radius 1 is 1.19 bits per heavy atom. The summed E-state index contributed by atoms with van der Waals surface area (Å²) < 4.78 is 28.5. The van der Waals surface area contributed by atoms with E-state index in [1.165, 1.54) is 0 Å². The molecule has 0 saturated carbocycles. The third-order valence-corrected chi connectivity index (χ3v) is 7.80. The Morgan fingerprint density at radius 3 is 2.58 bits per heavy atom. The lowest BCUT2D eigenvalue weighted by atomic mass is 9.95. The number of rotatable bonds is 8. The quantitative estimate of drug-likeness (QED) is 0.235. The van der Waals surface area contributed by atoms with Crippen LogP contribution in [0.3, 0.4) is 0 Å². The fraction of sp³-hybridized carbons (Fsp3) is 0.455. The van der Waals surface area contributed by atoms with Gasteiger partial charge in [0.2, 0.25) is 0 Å². The number of hydrogen-bond donors (Lipinski definition) is 0. The number of esters is 1. The summed E-state index contributed by atoms with van der Waals surface area (Å²) in [6, 6.07) is 9.53. The van der Waals surface area contributed by atoms with E-state index in [-0.39, 0.29) is 25.7 Å². The SMILES string of the molecule is CCOC(=O)C(c1ncn2c1CC(F)C2)n1cc2c(C)cc(-c3ccc(CCN(C)C(=O)OC(C)(C)C)cc3)c(C)c2n1. The average Bonchev–Trinajstić information content (AvgIpc) is 3.64. The first-order valence-electron chi connectivity index (χ1n) is 14.7. The summed E-state index contributed by atoms with van der Waals surface area (Å²) >= 11 is 0. The highest BCUT2D eigenvalue weighted by atomic mass is 19.1. The molecule has 3 heterocycles. The lowest BCUT2D eigenvalue weighted by Crippen LogP contribution is -2.35. The lowest BCUT2D eigenvalue weighted by Gasteiger charge is -2.24. The number of fused-ring (bicyclic) bond motifs is 2. The minimum Gasteiger partial charge on any atom is -0.464 e. The van der Waals surface area contributed by atoms with Crippen molar-refractivity contribution in [2.45, 2.75) is 78.7 Å². The fourth-order valence-corrected chi connectivity index (χ4v) is 5.58. The number of carbonyl (C=O) groups is 2. The Kier molecular flexibility index (Phi) is 8.31. The Hall–Kier alpha value is -4.21. The van der Waals surface area contributed by atoms with Crippen LogP contribution in [0, 0.1) is 13.8 Å². The molecule has 228 valence electrons. The summed E-state index contributed by atoms with van der Waals surface area (Å²) in [6.45, 7) is 12.4. The first-order valence-corrected chi connectivity index (χ1v) is 14.7. The van der Waals surface area contributed by atoms with E-state index in [2.05, 4.69) is 35.3 Å². The first kappa shape index (κ1) is 30.3. The van der Waals surface area contributed by atoms with E-state index >= 15 is 0 Å². The number of halogens is 1. The number of alkyl halides is 1. The zero-order chi connectivity index (χ0) is 31.1. The van der Waals surface area contributed by atoms with Crippen LogP contribution in [0.1, 0.15) is 61.8 Å². The maximum absolute atomic E-state index is 14.2. The highest BCUT2D eigenvalue weighted by Gasteiger charge is 2.35. The molecule has 1 amide bonds. The lowest BCUT2D eigenvalue weighted by molar-refractivity contribution is -0.146. The minimum atomic E-state index is -0.999. The topological polar surface area (TPSA) is 91.5 Å². The van der Waals surface area contributed by atoms with Crippen LogP contribution in [0.15, 0.2) is 42.9 Å². The molecule has 0 aliphatic carbocycles. The predicted octanol–water partition coefficient (Wildman–Crippen LogP) is 5.97. The molecular weight excluding hydrogens is 549 g/mol. The number of benzene rings is 2. The van der Waals surface area contributed by atoms with Crippen molar-refractivity contribution in [2.75, 3.05) is 20.2 Å². The van der Waals surface area contributed by atoms with Gasteiger partial charge >= 0.3 is 12.1 Å². The molecule has 2 aromatic heterocycles. The number of likely N-dealkylation sites (N-methyl/N-ethyl adjacent to an activating group) is 1. The van der Waals surface area contributed by atoms with E-state index in [0.29, 0.717) is 24.4 Å². The van der Waals surface area contributed by atoms with Gasteiger partial charge in [-0.2, -0.15) is 5.10 Å². The van der Waals surface area contributed by atoms with Crippen molar-refractivity contribution in [3.05, 3.63) is 70.9 Å². The molecule has 1 aliphatic rings. The van der Waals surface area contributed by atoms with Crippen LogP contribution >= 0.6 is 0 Å². The fourth-order valence-electron chi connectivity index (χ4n) is 5.58. The molecule has 10 heteroatoms. The predicted molar refractivity (Wildman–Crippen MR) is 163 cm³/mol. The Labute approximate surface area is 251 Å². The van der Waals surface area contributed by atoms with Crippen molar-refractivity contribution in [3.63, 3.8) is 0 Å². The molecule has 0 radical (unpaired) electrons. The molecule has 2 atom stereocenters. The molecule has 0 bridgehead atoms. The van der Waals surface area contributed by atoms with Gasteiger partial charge in [0.15, 0.2) is 6.04 Å². The van der Waals surface area contributed by atoms with Crippen molar-refractivity contribution < 1.29 is 23.5 Å². The van der Waals surface area contributed by atoms with Crippen LogP contribution in [0.2, 0.25) is 0 Å². The Morgan fingerprint density at radius 2 is 1.91 bits per heavy atom. The van der Waals surface area contributed by atoms with Crippen molar-refractivity contribution in [1.29, 1.82) is 0 Å². The zero-order valence-corrected chi connectivity index (χ0v) is 26.0. The normalized spacial score (nSPS) is 15.4. The molecule has 0 fully saturated rings. The van der Waals surface area contributed by atoms with Gasteiger partial charge in [0.25, 0.3) is 0 Å². The number of ether oxygens (including phenoxy) is 2. The molecule has 0 N–H and O–H groups in total. The van der Waals surface area contributed by atoms with Gasteiger partial charge in [-0.3, -0.25) is 4.68 Å². The Balaban J connectivity index is 1.42. The van der Waals surface area contributed by atoms with E-state index in [4.69, 9.17) is 14.6 Å². The van der Waals surface area contributed by atoms with Crippen LogP contribution in [0.4, 0.5) is 9.18 Å². The van der Waals surface area contributed by atoms with Gasteiger partial charge in [0, 0.05) is 37.3 Å². The molecule has 5 rings (SSSR count). The second kappa shape index (κ2) is 11.8. The third kappa shape index (κ3) is 6.28.